The number of benzene rings is 3. The second kappa shape index (κ2) is 11.0. The molecule has 0 saturated carbocycles. The van der Waals surface area contributed by atoms with E-state index in [1.165, 1.54) is 37.5 Å². The molecule has 5 amide bonds. The predicted octanol–water partition coefficient (Wildman–Crippen LogP) is 4.34. The van der Waals surface area contributed by atoms with Gasteiger partial charge in [-0.05, 0) is 67.1 Å². The fraction of sp³-hybridized carbons (Fsp3) is 0.111. The summed E-state index contributed by atoms with van der Waals surface area (Å²) in [6.45, 7) is 1.68. The van der Waals surface area contributed by atoms with Crippen molar-refractivity contribution < 1.29 is 28.7 Å². The minimum Gasteiger partial charge on any atom is -0.497 e. The molecule has 2 N–H and O–H groups in total. The zero-order chi connectivity index (χ0) is 26.5. The monoisotopic (exact) mass is 519 g/mol. The Morgan fingerprint density at radius 1 is 1.03 bits per heavy atom. The Kier molecular flexibility index (Phi) is 7.55. The van der Waals surface area contributed by atoms with Crippen LogP contribution in [0, 0.1) is 6.92 Å². The van der Waals surface area contributed by atoms with E-state index in [1.54, 1.807) is 30.3 Å². The number of anilines is 2. The van der Waals surface area contributed by atoms with E-state index in [0.29, 0.717) is 17.0 Å². The summed E-state index contributed by atoms with van der Waals surface area (Å²) in [5.41, 5.74) is 2.16. The van der Waals surface area contributed by atoms with Crippen LogP contribution in [0.5, 0.6) is 11.5 Å². The van der Waals surface area contributed by atoms with Gasteiger partial charge in [0.25, 0.3) is 17.7 Å². The van der Waals surface area contributed by atoms with E-state index in [-0.39, 0.29) is 34.5 Å². The van der Waals surface area contributed by atoms with Crippen molar-refractivity contribution in [3.63, 3.8) is 0 Å². The second-order valence-electron chi connectivity index (χ2n) is 8.05. The highest BCUT2D eigenvalue weighted by Crippen LogP contribution is 2.28. The minimum atomic E-state index is -0.858. The van der Waals surface area contributed by atoms with Gasteiger partial charge in [0, 0.05) is 5.69 Å². The van der Waals surface area contributed by atoms with Crippen LogP contribution in [0.15, 0.2) is 72.3 Å². The fourth-order valence-electron chi connectivity index (χ4n) is 3.49. The number of barbiturate groups is 1. The van der Waals surface area contributed by atoms with Crippen LogP contribution in [0.25, 0.3) is 6.08 Å². The van der Waals surface area contributed by atoms with Crippen LogP contribution in [-0.4, -0.2) is 37.5 Å². The summed E-state index contributed by atoms with van der Waals surface area (Å²) in [6, 6.07) is 17.3. The van der Waals surface area contributed by atoms with Crippen LogP contribution in [0.2, 0.25) is 5.02 Å². The van der Waals surface area contributed by atoms with Gasteiger partial charge in [-0.15, -0.1) is 0 Å². The van der Waals surface area contributed by atoms with Gasteiger partial charge in [-0.25, -0.2) is 9.69 Å². The number of aryl methyl sites for hydroxylation is 1. The van der Waals surface area contributed by atoms with Crippen LogP contribution < -0.4 is 25.0 Å². The molecule has 0 unspecified atom stereocenters. The predicted molar refractivity (Wildman–Crippen MR) is 139 cm³/mol. The number of ether oxygens (including phenoxy) is 2. The molecular weight excluding hydrogens is 498 g/mol. The maximum atomic E-state index is 13.0. The van der Waals surface area contributed by atoms with Gasteiger partial charge in [0.05, 0.1) is 17.8 Å². The highest BCUT2D eigenvalue weighted by Gasteiger charge is 2.36. The van der Waals surface area contributed by atoms with Crippen molar-refractivity contribution in [3.8, 4) is 11.5 Å². The van der Waals surface area contributed by atoms with E-state index in [9.17, 15) is 19.2 Å². The summed E-state index contributed by atoms with van der Waals surface area (Å²) in [5.74, 6) is -1.19. The van der Waals surface area contributed by atoms with Crippen molar-refractivity contribution in [1.82, 2.24) is 5.32 Å². The number of urea groups is 1. The lowest BCUT2D eigenvalue weighted by Gasteiger charge is -2.26. The number of rotatable bonds is 7. The molecule has 3 aromatic rings. The molecule has 0 bridgehead atoms. The Balaban J connectivity index is 1.47. The van der Waals surface area contributed by atoms with E-state index in [4.69, 9.17) is 21.1 Å². The van der Waals surface area contributed by atoms with Gasteiger partial charge in [-0.2, -0.15) is 0 Å². The topological polar surface area (TPSA) is 114 Å². The standard InChI is InChI=1S/C27H22ClN3O6/c1-16-3-6-18(7-4-16)29-24(32)15-37-23-12-5-17(14-22(23)28)13-21-25(33)30-27(35)31(26(21)34)19-8-10-20(36-2)11-9-19/h3-14H,15H2,1-2H3,(H,29,32)(H,30,33,35)/b21-13+. The van der Waals surface area contributed by atoms with Gasteiger partial charge >= 0.3 is 6.03 Å². The summed E-state index contributed by atoms with van der Waals surface area (Å²) in [5, 5.41) is 5.06. The van der Waals surface area contributed by atoms with Crippen molar-refractivity contribution in [1.29, 1.82) is 0 Å². The lowest BCUT2D eigenvalue weighted by Crippen LogP contribution is -2.54. The number of hydrogen-bond donors (Lipinski definition) is 2. The van der Waals surface area contributed by atoms with Crippen molar-refractivity contribution in [2.75, 3.05) is 23.9 Å². The van der Waals surface area contributed by atoms with E-state index in [0.717, 1.165) is 10.5 Å². The maximum absolute atomic E-state index is 13.0. The normalized spacial score (nSPS) is 14.4. The third-order valence-corrected chi connectivity index (χ3v) is 5.69. The lowest BCUT2D eigenvalue weighted by molar-refractivity contribution is -0.122. The number of carbonyl (C=O) groups excluding carboxylic acids is 4. The van der Waals surface area contributed by atoms with E-state index >= 15 is 0 Å². The Hall–Kier alpha value is -4.63. The third-order valence-electron chi connectivity index (χ3n) is 5.39. The Labute approximate surface area is 217 Å². The molecule has 0 aliphatic carbocycles. The van der Waals surface area contributed by atoms with Crippen molar-refractivity contribution in [2.24, 2.45) is 0 Å². The molecule has 1 aliphatic heterocycles. The van der Waals surface area contributed by atoms with Crippen LogP contribution in [0.3, 0.4) is 0 Å². The van der Waals surface area contributed by atoms with Gasteiger partial charge in [-0.1, -0.05) is 35.4 Å². The van der Waals surface area contributed by atoms with E-state index < -0.39 is 17.8 Å². The molecule has 1 aliphatic rings. The van der Waals surface area contributed by atoms with Crippen molar-refractivity contribution >= 4 is 52.8 Å². The Morgan fingerprint density at radius 3 is 2.38 bits per heavy atom. The number of nitrogens with one attached hydrogen (secondary N) is 2. The number of halogens is 1. The first kappa shape index (κ1) is 25.5. The molecule has 9 nitrogen and oxygen atoms in total. The third kappa shape index (κ3) is 5.96. The molecule has 3 aromatic carbocycles. The molecule has 188 valence electrons. The Morgan fingerprint density at radius 2 is 1.73 bits per heavy atom. The zero-order valence-electron chi connectivity index (χ0n) is 19.9. The molecule has 37 heavy (non-hydrogen) atoms. The molecular formula is C27H22ClN3O6. The first-order chi connectivity index (χ1) is 17.7. The number of methoxy groups -OCH3 is 1. The average molecular weight is 520 g/mol. The van der Waals surface area contributed by atoms with Gasteiger partial charge in [-0.3, -0.25) is 19.7 Å². The lowest BCUT2D eigenvalue weighted by atomic mass is 10.1. The number of imide groups is 2. The molecule has 0 atom stereocenters. The fourth-order valence-corrected chi connectivity index (χ4v) is 3.73. The molecule has 0 aromatic heterocycles. The van der Waals surface area contributed by atoms with E-state index in [1.807, 2.05) is 19.1 Å². The van der Waals surface area contributed by atoms with Crippen molar-refractivity contribution in [3.05, 3.63) is 88.5 Å². The molecule has 0 radical (unpaired) electrons. The molecule has 1 saturated heterocycles. The summed E-state index contributed by atoms with van der Waals surface area (Å²) >= 11 is 6.31. The summed E-state index contributed by atoms with van der Waals surface area (Å²) in [7, 11) is 1.49. The van der Waals surface area contributed by atoms with Crippen LogP contribution in [-0.2, 0) is 14.4 Å². The second-order valence-corrected chi connectivity index (χ2v) is 8.46. The molecule has 10 heteroatoms. The number of hydrogen-bond acceptors (Lipinski definition) is 6. The van der Waals surface area contributed by atoms with E-state index in [2.05, 4.69) is 10.6 Å². The first-order valence-electron chi connectivity index (χ1n) is 11.1. The average Bonchev–Trinajstić information content (AvgIpc) is 2.87. The van der Waals surface area contributed by atoms with Crippen LogP contribution in [0.1, 0.15) is 11.1 Å². The number of amides is 5. The Bertz CT molecular complexity index is 1400. The van der Waals surface area contributed by atoms with Gasteiger partial charge in [0.2, 0.25) is 0 Å². The highest BCUT2D eigenvalue weighted by atomic mass is 35.5. The summed E-state index contributed by atoms with van der Waals surface area (Å²) < 4.78 is 10.6. The highest BCUT2D eigenvalue weighted by molar-refractivity contribution is 6.39. The van der Waals surface area contributed by atoms with Crippen LogP contribution >= 0.6 is 11.6 Å². The molecule has 4 rings (SSSR count). The molecule has 0 spiro atoms. The van der Waals surface area contributed by atoms with Gasteiger partial charge in [0.1, 0.15) is 17.1 Å². The largest absolute Gasteiger partial charge is 0.497 e. The van der Waals surface area contributed by atoms with Gasteiger partial charge in [0.15, 0.2) is 6.61 Å². The van der Waals surface area contributed by atoms with Crippen LogP contribution in [0.4, 0.5) is 16.2 Å². The van der Waals surface area contributed by atoms with Crippen molar-refractivity contribution in [2.45, 2.75) is 6.92 Å². The summed E-state index contributed by atoms with van der Waals surface area (Å²) in [4.78, 5) is 50.9. The molecule has 1 heterocycles. The first-order valence-corrected chi connectivity index (χ1v) is 11.5. The zero-order valence-corrected chi connectivity index (χ0v) is 20.7. The SMILES string of the molecule is COc1ccc(N2C(=O)NC(=O)/C(=C\c3ccc(OCC(=O)Nc4ccc(C)cc4)c(Cl)c3)C2=O)cc1. The molecule has 1 fully saturated rings. The quantitative estimate of drug-likeness (QED) is 0.354. The number of carbonyl (C=O) groups is 4. The minimum absolute atomic E-state index is 0.171. The maximum Gasteiger partial charge on any atom is 0.335 e. The number of nitrogens with zero attached hydrogens (tertiary/aromatic N) is 1. The smallest absolute Gasteiger partial charge is 0.335 e. The summed E-state index contributed by atoms with van der Waals surface area (Å²) in [6.07, 6.45) is 1.32. The van der Waals surface area contributed by atoms with Gasteiger partial charge < -0.3 is 14.8 Å².